The van der Waals surface area contributed by atoms with Crippen LogP contribution < -0.4 is 10.6 Å². The van der Waals surface area contributed by atoms with Crippen molar-refractivity contribution in [1.29, 1.82) is 0 Å². The molecule has 162 valence electrons. The van der Waals surface area contributed by atoms with E-state index in [0.29, 0.717) is 30.3 Å². The zero-order valence-corrected chi connectivity index (χ0v) is 18.5. The average Bonchev–Trinajstić information content (AvgIpc) is 3.10. The van der Waals surface area contributed by atoms with E-state index < -0.39 is 0 Å². The monoisotopic (exact) mass is 426 g/mol. The first-order valence-corrected chi connectivity index (χ1v) is 10.6. The van der Waals surface area contributed by atoms with Gasteiger partial charge in [0.1, 0.15) is 5.82 Å². The Bertz CT molecular complexity index is 1200. The predicted octanol–water partition coefficient (Wildman–Crippen LogP) is 4.10. The summed E-state index contributed by atoms with van der Waals surface area (Å²) in [5, 5.41) is 19.1. The van der Waals surface area contributed by atoms with E-state index >= 15 is 0 Å². The number of amides is 1. The third-order valence-corrected chi connectivity index (χ3v) is 5.49. The fraction of sp³-hybridized carbons (Fsp3) is 0.200. The molecule has 2 heterocycles. The van der Waals surface area contributed by atoms with Gasteiger partial charge in [-0.05, 0) is 61.7 Å². The van der Waals surface area contributed by atoms with Crippen molar-refractivity contribution < 1.29 is 4.79 Å². The standard InChI is InChI=1S/C25H26N6O/c1-17-18(2)30-31(19(17)3)24-14-13-23(28-29-24)26-15-16-27-25(32)22-11-9-21(10-12-22)20-7-5-4-6-8-20/h4-14H,15-16H2,1-3H3,(H,26,28)(H,27,32). The first kappa shape index (κ1) is 21.2. The minimum Gasteiger partial charge on any atom is -0.367 e. The number of carbonyl (C=O) groups is 1. The van der Waals surface area contributed by atoms with Crippen LogP contribution in [0.4, 0.5) is 5.82 Å². The van der Waals surface area contributed by atoms with Crippen LogP contribution >= 0.6 is 0 Å². The van der Waals surface area contributed by atoms with E-state index in [1.165, 1.54) is 0 Å². The maximum Gasteiger partial charge on any atom is 0.251 e. The van der Waals surface area contributed by atoms with Crippen LogP contribution in [0.2, 0.25) is 0 Å². The lowest BCUT2D eigenvalue weighted by Gasteiger charge is -2.09. The van der Waals surface area contributed by atoms with Crippen LogP contribution in [0.15, 0.2) is 66.7 Å². The van der Waals surface area contributed by atoms with Crippen LogP contribution in [0.25, 0.3) is 16.9 Å². The summed E-state index contributed by atoms with van der Waals surface area (Å²) in [7, 11) is 0. The Labute approximate surface area is 187 Å². The molecule has 0 aliphatic carbocycles. The molecule has 7 heteroatoms. The van der Waals surface area contributed by atoms with Crippen molar-refractivity contribution in [3.8, 4) is 16.9 Å². The lowest BCUT2D eigenvalue weighted by atomic mass is 10.0. The van der Waals surface area contributed by atoms with E-state index in [0.717, 1.165) is 28.1 Å². The largest absolute Gasteiger partial charge is 0.367 e. The molecule has 0 radical (unpaired) electrons. The van der Waals surface area contributed by atoms with Crippen LogP contribution in [-0.4, -0.2) is 39.0 Å². The molecule has 2 aromatic carbocycles. The average molecular weight is 427 g/mol. The summed E-state index contributed by atoms with van der Waals surface area (Å²) in [6, 6.07) is 21.4. The second kappa shape index (κ2) is 9.43. The highest BCUT2D eigenvalue weighted by Crippen LogP contribution is 2.19. The Kier molecular flexibility index (Phi) is 6.26. The SMILES string of the molecule is Cc1nn(-c2ccc(NCCNC(=O)c3ccc(-c4ccccc4)cc3)nn2)c(C)c1C. The van der Waals surface area contributed by atoms with Gasteiger partial charge in [0.15, 0.2) is 5.82 Å². The maximum atomic E-state index is 12.4. The third kappa shape index (κ3) is 4.67. The van der Waals surface area contributed by atoms with E-state index in [9.17, 15) is 4.79 Å². The van der Waals surface area contributed by atoms with Crippen molar-refractivity contribution in [2.45, 2.75) is 20.8 Å². The summed E-state index contributed by atoms with van der Waals surface area (Å²) >= 11 is 0. The van der Waals surface area contributed by atoms with Gasteiger partial charge in [0.25, 0.3) is 5.91 Å². The molecule has 0 bridgehead atoms. The number of aryl methyl sites for hydroxylation is 1. The Hall–Kier alpha value is -4.00. The Balaban J connectivity index is 1.27. The number of anilines is 1. The molecule has 0 unspecified atom stereocenters. The number of rotatable bonds is 7. The van der Waals surface area contributed by atoms with Gasteiger partial charge in [0, 0.05) is 24.3 Å². The lowest BCUT2D eigenvalue weighted by Crippen LogP contribution is -2.28. The van der Waals surface area contributed by atoms with Gasteiger partial charge in [-0.3, -0.25) is 4.79 Å². The van der Waals surface area contributed by atoms with E-state index in [-0.39, 0.29) is 5.91 Å². The van der Waals surface area contributed by atoms with E-state index in [2.05, 4.69) is 38.1 Å². The van der Waals surface area contributed by atoms with Crippen LogP contribution in [0, 0.1) is 20.8 Å². The molecule has 4 aromatic rings. The van der Waals surface area contributed by atoms with Gasteiger partial charge < -0.3 is 10.6 Å². The van der Waals surface area contributed by atoms with Crippen LogP contribution in [-0.2, 0) is 0 Å². The molecule has 0 saturated heterocycles. The highest BCUT2D eigenvalue weighted by Gasteiger charge is 2.10. The van der Waals surface area contributed by atoms with E-state index in [1.54, 1.807) is 4.68 Å². The van der Waals surface area contributed by atoms with Gasteiger partial charge in [0.05, 0.1) is 5.69 Å². The van der Waals surface area contributed by atoms with Crippen molar-refractivity contribution in [3.63, 3.8) is 0 Å². The van der Waals surface area contributed by atoms with Crippen molar-refractivity contribution in [2.75, 3.05) is 18.4 Å². The number of nitrogens with one attached hydrogen (secondary N) is 2. The number of carbonyl (C=O) groups excluding carboxylic acids is 1. The highest BCUT2D eigenvalue weighted by atomic mass is 16.1. The summed E-state index contributed by atoms with van der Waals surface area (Å²) in [4.78, 5) is 12.4. The zero-order valence-electron chi connectivity index (χ0n) is 18.5. The zero-order chi connectivity index (χ0) is 22.5. The van der Waals surface area contributed by atoms with Gasteiger partial charge in [-0.15, -0.1) is 10.2 Å². The fourth-order valence-electron chi connectivity index (χ4n) is 3.39. The van der Waals surface area contributed by atoms with E-state index in [1.807, 2.05) is 75.4 Å². The van der Waals surface area contributed by atoms with Crippen LogP contribution in [0.1, 0.15) is 27.3 Å². The molecule has 1 amide bonds. The Morgan fingerprint density at radius 3 is 2.19 bits per heavy atom. The smallest absolute Gasteiger partial charge is 0.251 e. The number of nitrogens with zero attached hydrogens (tertiary/aromatic N) is 4. The lowest BCUT2D eigenvalue weighted by molar-refractivity contribution is 0.0955. The summed E-state index contributed by atoms with van der Waals surface area (Å²) in [5.41, 5.74) is 6.03. The molecule has 0 fully saturated rings. The minimum atomic E-state index is -0.104. The molecule has 0 spiro atoms. The normalized spacial score (nSPS) is 10.7. The first-order valence-electron chi connectivity index (χ1n) is 10.6. The summed E-state index contributed by atoms with van der Waals surface area (Å²) in [5.74, 6) is 1.22. The summed E-state index contributed by atoms with van der Waals surface area (Å²) in [6.45, 7) is 7.05. The fourth-order valence-corrected chi connectivity index (χ4v) is 3.39. The maximum absolute atomic E-state index is 12.4. The minimum absolute atomic E-state index is 0.104. The van der Waals surface area contributed by atoms with Crippen LogP contribution in [0.5, 0.6) is 0 Å². The summed E-state index contributed by atoms with van der Waals surface area (Å²) in [6.07, 6.45) is 0. The molecule has 2 aromatic heterocycles. The summed E-state index contributed by atoms with van der Waals surface area (Å²) < 4.78 is 1.80. The van der Waals surface area contributed by atoms with Crippen LogP contribution in [0.3, 0.4) is 0 Å². The van der Waals surface area contributed by atoms with Crippen molar-refractivity contribution in [2.24, 2.45) is 0 Å². The first-order chi connectivity index (χ1) is 15.5. The molecule has 4 rings (SSSR count). The second-order valence-corrected chi connectivity index (χ2v) is 7.61. The molecule has 7 nitrogen and oxygen atoms in total. The number of benzene rings is 2. The molecule has 2 N–H and O–H groups in total. The van der Waals surface area contributed by atoms with Gasteiger partial charge >= 0.3 is 0 Å². The van der Waals surface area contributed by atoms with Gasteiger partial charge in [-0.2, -0.15) is 5.10 Å². The topological polar surface area (TPSA) is 84.7 Å². The molecule has 32 heavy (non-hydrogen) atoms. The predicted molar refractivity (Wildman–Crippen MR) is 126 cm³/mol. The van der Waals surface area contributed by atoms with Gasteiger partial charge in [-0.1, -0.05) is 42.5 Å². The molecule has 0 aliphatic heterocycles. The third-order valence-electron chi connectivity index (χ3n) is 5.49. The second-order valence-electron chi connectivity index (χ2n) is 7.61. The number of hydrogen-bond acceptors (Lipinski definition) is 5. The van der Waals surface area contributed by atoms with Crippen molar-refractivity contribution in [3.05, 3.63) is 89.2 Å². The molecule has 0 atom stereocenters. The Morgan fingerprint density at radius 1 is 0.844 bits per heavy atom. The molecule has 0 saturated carbocycles. The quantitative estimate of drug-likeness (QED) is 0.435. The number of hydrogen-bond donors (Lipinski definition) is 2. The molecule has 0 aliphatic rings. The number of aromatic nitrogens is 4. The van der Waals surface area contributed by atoms with Crippen molar-refractivity contribution in [1.82, 2.24) is 25.3 Å². The van der Waals surface area contributed by atoms with Gasteiger partial charge in [0.2, 0.25) is 0 Å². The molecular formula is C25H26N6O. The van der Waals surface area contributed by atoms with E-state index in [4.69, 9.17) is 0 Å². The van der Waals surface area contributed by atoms with Gasteiger partial charge in [-0.25, -0.2) is 4.68 Å². The highest BCUT2D eigenvalue weighted by molar-refractivity contribution is 5.94. The molecular weight excluding hydrogens is 400 g/mol. The Morgan fingerprint density at radius 2 is 1.56 bits per heavy atom. The van der Waals surface area contributed by atoms with Crippen molar-refractivity contribution >= 4 is 11.7 Å².